The van der Waals surface area contributed by atoms with E-state index < -0.39 is 9.84 Å². The summed E-state index contributed by atoms with van der Waals surface area (Å²) in [5.74, 6) is 0.349. The molecule has 1 saturated carbocycles. The fraction of sp³-hybridized carbons (Fsp3) is 0.800. The van der Waals surface area contributed by atoms with Crippen molar-refractivity contribution in [2.24, 2.45) is 0 Å². The molecule has 118 valence electrons. The summed E-state index contributed by atoms with van der Waals surface area (Å²) in [5, 5.41) is 0.253. The van der Waals surface area contributed by atoms with Gasteiger partial charge in [0, 0.05) is 24.5 Å². The van der Waals surface area contributed by atoms with Crippen LogP contribution in [0.4, 0.5) is 0 Å². The van der Waals surface area contributed by atoms with Gasteiger partial charge in [-0.15, -0.1) is 0 Å². The predicted molar refractivity (Wildman–Crippen MR) is 80.2 cm³/mol. The van der Waals surface area contributed by atoms with Crippen molar-refractivity contribution in [1.29, 1.82) is 0 Å². The first kappa shape index (κ1) is 15.0. The monoisotopic (exact) mass is 312 g/mol. The number of aromatic nitrogens is 2. The van der Waals surface area contributed by atoms with E-state index in [1.165, 1.54) is 0 Å². The maximum absolute atomic E-state index is 12.7. The van der Waals surface area contributed by atoms with Gasteiger partial charge in [0.2, 0.25) is 15.0 Å². The van der Waals surface area contributed by atoms with Crippen LogP contribution in [0.5, 0.6) is 0 Å². The number of rotatable bonds is 5. The lowest BCUT2D eigenvalue weighted by Gasteiger charge is -2.22. The molecule has 2 fully saturated rings. The molecule has 21 heavy (non-hydrogen) atoms. The fourth-order valence-electron chi connectivity index (χ4n) is 2.97. The molecule has 1 aliphatic carbocycles. The molecule has 2 aliphatic rings. The zero-order valence-corrected chi connectivity index (χ0v) is 13.6. The van der Waals surface area contributed by atoms with Crippen LogP contribution in [-0.2, 0) is 14.6 Å². The molecule has 0 radical (unpaired) electrons. The van der Waals surface area contributed by atoms with E-state index >= 15 is 0 Å². The normalized spacial score (nSPS) is 23.7. The van der Waals surface area contributed by atoms with Crippen molar-refractivity contribution >= 4 is 9.84 Å². The van der Waals surface area contributed by atoms with Crippen LogP contribution in [0.15, 0.2) is 11.4 Å². The number of nitrogens with zero attached hydrogens (tertiary/aromatic N) is 2. The van der Waals surface area contributed by atoms with Gasteiger partial charge in [0.15, 0.2) is 0 Å². The van der Waals surface area contributed by atoms with Gasteiger partial charge in [-0.3, -0.25) is 0 Å². The Kier molecular flexibility index (Phi) is 4.10. The third-order valence-electron chi connectivity index (χ3n) is 4.25. The van der Waals surface area contributed by atoms with Gasteiger partial charge in [-0.2, -0.15) is 0 Å². The number of sulfone groups is 1. The van der Waals surface area contributed by atoms with Crippen LogP contribution in [-0.4, -0.2) is 36.4 Å². The summed E-state index contributed by atoms with van der Waals surface area (Å²) in [6.07, 6.45) is 6.59. The Hall–Kier alpha value is -0.880. The van der Waals surface area contributed by atoms with Gasteiger partial charge in [-0.05, 0) is 38.0 Å². The Labute approximate surface area is 126 Å². The van der Waals surface area contributed by atoms with Crippen LogP contribution in [0.25, 0.3) is 0 Å². The van der Waals surface area contributed by atoms with Crippen LogP contribution in [0.2, 0.25) is 0 Å². The predicted octanol–water partition coefficient (Wildman–Crippen LogP) is 2.68. The molecular weight excluding hydrogens is 288 g/mol. The Morgan fingerprint density at radius 3 is 2.67 bits per heavy atom. The van der Waals surface area contributed by atoms with Gasteiger partial charge in [0.1, 0.15) is 0 Å². The lowest BCUT2D eigenvalue weighted by Crippen LogP contribution is -2.29. The third kappa shape index (κ3) is 3.16. The molecule has 1 aromatic rings. The smallest absolute Gasteiger partial charge is 0.228 e. The molecule has 0 unspecified atom stereocenters. The van der Waals surface area contributed by atoms with E-state index in [-0.39, 0.29) is 22.9 Å². The van der Waals surface area contributed by atoms with Crippen LogP contribution >= 0.6 is 0 Å². The molecule has 1 aliphatic heterocycles. The molecular formula is C15H24N2O3S. The minimum Gasteiger partial charge on any atom is -0.377 e. The maximum atomic E-state index is 12.7. The highest BCUT2D eigenvalue weighted by Crippen LogP contribution is 2.40. The molecule has 0 N–H and O–H groups in total. The zero-order valence-electron chi connectivity index (χ0n) is 12.8. The van der Waals surface area contributed by atoms with Gasteiger partial charge in [0.25, 0.3) is 0 Å². The van der Waals surface area contributed by atoms with Gasteiger partial charge in [-0.25, -0.2) is 13.4 Å². The molecule has 0 aromatic carbocycles. The lowest BCUT2D eigenvalue weighted by atomic mass is 10.1. The van der Waals surface area contributed by atoms with E-state index in [0.717, 1.165) is 37.8 Å². The van der Waals surface area contributed by atoms with Crippen molar-refractivity contribution in [3.63, 3.8) is 0 Å². The highest BCUT2D eigenvalue weighted by Gasteiger charge is 2.35. The van der Waals surface area contributed by atoms with E-state index in [4.69, 9.17) is 4.74 Å². The molecule has 2 heterocycles. The number of hydrogen-bond acceptors (Lipinski definition) is 4. The molecule has 0 bridgehead atoms. The summed E-state index contributed by atoms with van der Waals surface area (Å²) in [7, 11) is -3.38. The highest BCUT2D eigenvalue weighted by molar-refractivity contribution is 7.91. The van der Waals surface area contributed by atoms with E-state index in [1.54, 1.807) is 6.20 Å². The second-order valence-electron chi connectivity index (χ2n) is 6.49. The average Bonchev–Trinajstić information content (AvgIpc) is 3.16. The summed E-state index contributed by atoms with van der Waals surface area (Å²) in [6, 6.07) is 0.321. The standard InChI is InChI=1S/C15H24N2O3S/c1-11(2)14-9-16-15(17(14)12-6-7-12)21(18,19)10-13-5-3-4-8-20-13/h9,11-13H,3-8,10H2,1-2H3/t13-/m0/s1. The Bertz CT molecular complexity index is 596. The third-order valence-corrected chi connectivity index (χ3v) is 5.92. The SMILES string of the molecule is CC(C)c1cnc(S(=O)(=O)C[C@@H]2CCCCO2)n1C1CC1. The Morgan fingerprint density at radius 2 is 2.10 bits per heavy atom. The number of hydrogen-bond donors (Lipinski definition) is 0. The van der Waals surface area contributed by atoms with Crippen molar-refractivity contribution < 1.29 is 13.2 Å². The average molecular weight is 312 g/mol. The lowest BCUT2D eigenvalue weighted by molar-refractivity contribution is 0.0304. The highest BCUT2D eigenvalue weighted by atomic mass is 32.2. The number of imidazole rings is 1. The van der Waals surface area contributed by atoms with Crippen molar-refractivity contribution in [3.8, 4) is 0 Å². The molecule has 1 atom stereocenters. The second-order valence-corrected chi connectivity index (χ2v) is 8.42. The van der Waals surface area contributed by atoms with Crippen LogP contribution in [0, 0.1) is 0 Å². The first-order chi connectivity index (χ1) is 9.99. The topological polar surface area (TPSA) is 61.2 Å². The van der Waals surface area contributed by atoms with Crippen LogP contribution < -0.4 is 0 Å². The van der Waals surface area contributed by atoms with Gasteiger partial charge in [0.05, 0.1) is 11.9 Å². The van der Waals surface area contributed by atoms with Crippen LogP contribution in [0.1, 0.15) is 63.6 Å². The second kappa shape index (κ2) is 5.72. The van der Waals surface area contributed by atoms with Gasteiger partial charge in [-0.1, -0.05) is 13.8 Å². The first-order valence-corrected chi connectivity index (χ1v) is 9.56. The van der Waals surface area contributed by atoms with E-state index in [0.29, 0.717) is 12.6 Å². The molecule has 6 heteroatoms. The fourth-order valence-corrected chi connectivity index (χ4v) is 4.64. The molecule has 3 rings (SSSR count). The minimum atomic E-state index is -3.38. The van der Waals surface area contributed by atoms with Gasteiger partial charge >= 0.3 is 0 Å². The molecule has 1 aromatic heterocycles. The van der Waals surface area contributed by atoms with Crippen LogP contribution in [0.3, 0.4) is 0 Å². The number of ether oxygens (including phenoxy) is 1. The minimum absolute atomic E-state index is 0.0638. The maximum Gasteiger partial charge on any atom is 0.228 e. The van der Waals surface area contributed by atoms with E-state index in [9.17, 15) is 8.42 Å². The molecule has 0 spiro atoms. The molecule has 0 amide bonds. The van der Waals surface area contributed by atoms with Crippen molar-refractivity contribution in [2.75, 3.05) is 12.4 Å². The summed E-state index contributed by atoms with van der Waals surface area (Å²) < 4.78 is 33.0. The summed E-state index contributed by atoms with van der Waals surface area (Å²) in [6.45, 7) is 4.83. The summed E-state index contributed by atoms with van der Waals surface area (Å²) in [5.41, 5.74) is 1.03. The van der Waals surface area contributed by atoms with E-state index in [1.807, 2.05) is 4.57 Å². The zero-order chi connectivity index (χ0) is 15.0. The largest absolute Gasteiger partial charge is 0.377 e. The quantitative estimate of drug-likeness (QED) is 0.838. The van der Waals surface area contributed by atoms with E-state index in [2.05, 4.69) is 18.8 Å². The molecule has 5 nitrogen and oxygen atoms in total. The first-order valence-electron chi connectivity index (χ1n) is 7.90. The Morgan fingerprint density at radius 1 is 1.33 bits per heavy atom. The van der Waals surface area contributed by atoms with Crippen molar-refractivity contribution in [2.45, 2.75) is 69.2 Å². The summed E-state index contributed by atoms with van der Waals surface area (Å²) >= 11 is 0. The van der Waals surface area contributed by atoms with Crippen molar-refractivity contribution in [3.05, 3.63) is 11.9 Å². The summed E-state index contributed by atoms with van der Waals surface area (Å²) in [4.78, 5) is 4.26. The van der Waals surface area contributed by atoms with Crippen molar-refractivity contribution in [1.82, 2.24) is 9.55 Å². The Balaban J connectivity index is 1.87. The van der Waals surface area contributed by atoms with Gasteiger partial charge < -0.3 is 9.30 Å². The molecule has 1 saturated heterocycles.